The van der Waals surface area contributed by atoms with E-state index in [1.807, 2.05) is 0 Å². The normalized spacial score (nSPS) is 23.1. The second-order valence-electron chi connectivity index (χ2n) is 11.8. The zero-order valence-corrected chi connectivity index (χ0v) is 27.8. The van der Waals surface area contributed by atoms with Crippen molar-refractivity contribution in [1.29, 1.82) is 0 Å². The molecule has 6 unspecified atom stereocenters. The Morgan fingerprint density at radius 3 is 1.82 bits per heavy atom. The summed E-state index contributed by atoms with van der Waals surface area (Å²) in [4.78, 5) is 12.4. The SMILES string of the molecule is CCCCCCCCCCCCCCCOCC(COC1OC(CO)C(O)C(OS(=O)(=O)O)C1O)OC(=O)CCCCCC. The quantitative estimate of drug-likeness (QED) is 0.0523. The Hall–Kier alpha value is -0.900. The second kappa shape index (κ2) is 25.2. The molecular formula is C31H60O12S. The van der Waals surface area contributed by atoms with Crippen LogP contribution in [0.1, 0.15) is 129 Å². The van der Waals surface area contributed by atoms with Gasteiger partial charge in [0, 0.05) is 13.0 Å². The number of aliphatic hydroxyl groups is 3. The average Bonchev–Trinajstić information content (AvgIpc) is 2.98. The van der Waals surface area contributed by atoms with Gasteiger partial charge in [-0.05, 0) is 12.8 Å². The summed E-state index contributed by atoms with van der Waals surface area (Å²) >= 11 is 0. The third-order valence-corrected chi connectivity index (χ3v) is 8.19. The number of esters is 1. The van der Waals surface area contributed by atoms with E-state index in [9.17, 15) is 28.5 Å². The van der Waals surface area contributed by atoms with Gasteiger partial charge in [-0.1, -0.05) is 110 Å². The zero-order valence-electron chi connectivity index (χ0n) is 27.0. The van der Waals surface area contributed by atoms with E-state index in [1.165, 1.54) is 64.2 Å². The van der Waals surface area contributed by atoms with E-state index in [0.717, 1.165) is 38.5 Å². The minimum atomic E-state index is -5.04. The smallest absolute Gasteiger partial charge is 0.397 e. The van der Waals surface area contributed by atoms with Gasteiger partial charge >= 0.3 is 16.4 Å². The summed E-state index contributed by atoms with van der Waals surface area (Å²) in [6.45, 7) is 3.83. The molecule has 1 aliphatic rings. The van der Waals surface area contributed by atoms with Crippen molar-refractivity contribution >= 4 is 16.4 Å². The summed E-state index contributed by atoms with van der Waals surface area (Å²) in [6.07, 6.45) is 10.8. The monoisotopic (exact) mass is 656 g/mol. The van der Waals surface area contributed by atoms with Crippen molar-refractivity contribution in [3.05, 3.63) is 0 Å². The fourth-order valence-corrected chi connectivity index (χ4v) is 5.65. The van der Waals surface area contributed by atoms with Crippen molar-refractivity contribution in [2.24, 2.45) is 0 Å². The van der Waals surface area contributed by atoms with Gasteiger partial charge in [0.1, 0.15) is 30.5 Å². The highest BCUT2D eigenvalue weighted by Gasteiger charge is 2.48. The Bertz CT molecular complexity index is 811. The molecule has 4 N–H and O–H groups in total. The molecule has 0 bridgehead atoms. The third kappa shape index (κ3) is 19.6. The lowest BCUT2D eigenvalue weighted by atomic mass is 9.99. The molecule has 0 aliphatic carbocycles. The van der Waals surface area contributed by atoms with E-state index in [-0.39, 0.29) is 19.6 Å². The minimum absolute atomic E-state index is 0.0404. The van der Waals surface area contributed by atoms with Crippen molar-refractivity contribution in [2.45, 2.75) is 166 Å². The molecule has 0 saturated carbocycles. The topological polar surface area (TPSA) is 178 Å². The van der Waals surface area contributed by atoms with E-state index >= 15 is 0 Å². The van der Waals surface area contributed by atoms with Crippen LogP contribution in [0.25, 0.3) is 0 Å². The molecule has 6 atom stereocenters. The molecule has 0 aromatic rings. The standard InChI is InChI=1S/C31H60O12S/c1-3-5-7-9-10-11-12-13-14-15-16-17-19-21-39-23-25(41-27(33)20-18-8-6-4-2)24-40-31-29(35)30(43-44(36,37)38)28(34)26(22-32)42-31/h25-26,28-32,34-35H,3-24H2,1-2H3,(H,36,37,38). The summed E-state index contributed by atoms with van der Waals surface area (Å²) in [6, 6.07) is 0. The Kier molecular flexibility index (Phi) is 23.6. The highest BCUT2D eigenvalue weighted by molar-refractivity contribution is 7.80. The van der Waals surface area contributed by atoms with Gasteiger partial charge in [-0.15, -0.1) is 0 Å². The van der Waals surface area contributed by atoms with Crippen LogP contribution in [0, 0.1) is 0 Å². The Labute approximate surface area is 265 Å². The summed E-state index contributed by atoms with van der Waals surface area (Å²) in [7, 11) is -5.04. The average molecular weight is 657 g/mol. The van der Waals surface area contributed by atoms with Crippen LogP contribution >= 0.6 is 0 Å². The van der Waals surface area contributed by atoms with Crippen LogP contribution in [0.4, 0.5) is 0 Å². The van der Waals surface area contributed by atoms with E-state index in [1.54, 1.807) is 0 Å². The van der Waals surface area contributed by atoms with Gasteiger partial charge in [0.2, 0.25) is 0 Å². The van der Waals surface area contributed by atoms with Crippen molar-refractivity contribution in [2.75, 3.05) is 26.4 Å². The number of unbranched alkanes of at least 4 members (excludes halogenated alkanes) is 15. The lowest BCUT2D eigenvalue weighted by Crippen LogP contribution is -2.60. The number of hydrogen-bond acceptors (Lipinski definition) is 11. The van der Waals surface area contributed by atoms with Gasteiger partial charge in [0.15, 0.2) is 6.29 Å². The summed E-state index contributed by atoms with van der Waals surface area (Å²) < 4.78 is 58.2. The molecule has 1 aliphatic heterocycles. The van der Waals surface area contributed by atoms with Gasteiger partial charge < -0.3 is 34.3 Å². The molecule has 1 heterocycles. The summed E-state index contributed by atoms with van der Waals surface area (Å²) in [5, 5.41) is 30.3. The number of rotatable bonds is 28. The predicted molar refractivity (Wildman–Crippen MR) is 165 cm³/mol. The van der Waals surface area contributed by atoms with E-state index < -0.39 is 59.8 Å². The first-order valence-electron chi connectivity index (χ1n) is 16.8. The van der Waals surface area contributed by atoms with E-state index in [2.05, 4.69) is 18.0 Å². The molecular weight excluding hydrogens is 596 g/mol. The molecule has 12 nitrogen and oxygen atoms in total. The van der Waals surface area contributed by atoms with Crippen LogP contribution in [0.5, 0.6) is 0 Å². The van der Waals surface area contributed by atoms with Crippen LogP contribution in [0.3, 0.4) is 0 Å². The molecule has 0 aromatic heterocycles. The first-order chi connectivity index (χ1) is 21.1. The van der Waals surface area contributed by atoms with Gasteiger partial charge in [-0.2, -0.15) is 8.42 Å². The van der Waals surface area contributed by atoms with Crippen molar-refractivity contribution in [3.63, 3.8) is 0 Å². The first-order valence-corrected chi connectivity index (χ1v) is 18.2. The number of ether oxygens (including phenoxy) is 4. The Morgan fingerprint density at radius 1 is 0.773 bits per heavy atom. The van der Waals surface area contributed by atoms with Crippen LogP contribution < -0.4 is 0 Å². The van der Waals surface area contributed by atoms with Gasteiger partial charge in [-0.25, -0.2) is 4.18 Å². The maximum absolute atomic E-state index is 12.4. The van der Waals surface area contributed by atoms with E-state index in [4.69, 9.17) is 23.5 Å². The molecule has 13 heteroatoms. The second-order valence-corrected chi connectivity index (χ2v) is 12.8. The van der Waals surface area contributed by atoms with Crippen LogP contribution in [0.2, 0.25) is 0 Å². The molecule has 44 heavy (non-hydrogen) atoms. The molecule has 0 aromatic carbocycles. The zero-order chi connectivity index (χ0) is 32.6. The molecule has 262 valence electrons. The van der Waals surface area contributed by atoms with Gasteiger partial charge in [0.25, 0.3) is 0 Å². The fourth-order valence-electron chi connectivity index (χ4n) is 5.14. The van der Waals surface area contributed by atoms with Gasteiger partial charge in [0.05, 0.1) is 19.8 Å². The van der Waals surface area contributed by atoms with Crippen LogP contribution in [-0.4, -0.2) is 97.5 Å². The van der Waals surface area contributed by atoms with Crippen LogP contribution in [-0.2, 0) is 38.3 Å². The highest BCUT2D eigenvalue weighted by Crippen LogP contribution is 2.26. The predicted octanol–water partition coefficient (Wildman–Crippen LogP) is 4.62. The molecule has 0 radical (unpaired) electrons. The molecule has 1 fully saturated rings. The van der Waals surface area contributed by atoms with Crippen LogP contribution in [0.15, 0.2) is 0 Å². The molecule has 1 rings (SSSR count). The van der Waals surface area contributed by atoms with Crippen molar-refractivity contribution < 1.29 is 56.2 Å². The van der Waals surface area contributed by atoms with E-state index in [0.29, 0.717) is 13.0 Å². The lowest BCUT2D eigenvalue weighted by molar-refractivity contribution is -0.301. The maximum atomic E-state index is 12.4. The highest BCUT2D eigenvalue weighted by atomic mass is 32.3. The molecule has 0 spiro atoms. The van der Waals surface area contributed by atoms with Crippen molar-refractivity contribution in [1.82, 2.24) is 0 Å². The van der Waals surface area contributed by atoms with Gasteiger partial charge in [-0.3, -0.25) is 9.35 Å². The fraction of sp³-hybridized carbons (Fsp3) is 0.968. The Morgan fingerprint density at radius 2 is 1.30 bits per heavy atom. The molecule has 0 amide bonds. The summed E-state index contributed by atoms with van der Waals surface area (Å²) in [5.74, 6) is -0.416. The first kappa shape index (κ1) is 41.1. The number of hydrogen-bond donors (Lipinski definition) is 4. The summed E-state index contributed by atoms with van der Waals surface area (Å²) in [5.41, 5.74) is 0. The minimum Gasteiger partial charge on any atom is -0.457 e. The third-order valence-electron chi connectivity index (χ3n) is 7.73. The molecule has 1 saturated heterocycles. The number of carbonyl (C=O) groups is 1. The van der Waals surface area contributed by atoms with Crippen molar-refractivity contribution in [3.8, 4) is 0 Å². The lowest BCUT2D eigenvalue weighted by Gasteiger charge is -2.41. The number of aliphatic hydroxyl groups excluding tert-OH is 3. The Balaban J connectivity index is 2.47. The largest absolute Gasteiger partial charge is 0.457 e. The number of carbonyl (C=O) groups excluding carboxylic acids is 1. The maximum Gasteiger partial charge on any atom is 0.397 e.